The number of benzene rings is 2. The Balaban J connectivity index is 1.96. The van der Waals surface area contributed by atoms with Crippen LogP contribution < -0.4 is 4.74 Å². The number of hydrogen-bond acceptors (Lipinski definition) is 4. The van der Waals surface area contributed by atoms with Crippen molar-refractivity contribution in [3.63, 3.8) is 0 Å². The molecule has 5 nitrogen and oxygen atoms in total. The molecule has 0 aliphatic heterocycles. The number of halogens is 1. The number of nitrogens with zero attached hydrogens (tertiary/aromatic N) is 3. The molecular formula is C21H18FN3O2. The number of hydrogen-bond donors (Lipinski definition) is 0. The molecule has 4 rings (SSSR count). The molecule has 4 aromatic rings. The monoisotopic (exact) mass is 363 g/mol. The number of methoxy groups -OCH3 is 2. The van der Waals surface area contributed by atoms with Gasteiger partial charge in [-0.25, -0.2) is 13.9 Å². The average molecular weight is 363 g/mol. The third kappa shape index (κ3) is 3.15. The molecule has 2 heterocycles. The molecule has 6 heteroatoms. The Hall–Kier alpha value is -3.25. The molecular weight excluding hydrogens is 345 g/mol. The van der Waals surface area contributed by atoms with Crippen molar-refractivity contribution >= 4 is 5.65 Å². The predicted molar refractivity (Wildman–Crippen MR) is 101 cm³/mol. The molecule has 0 bridgehead atoms. The third-order valence-electron chi connectivity index (χ3n) is 4.37. The molecule has 0 aliphatic carbocycles. The van der Waals surface area contributed by atoms with E-state index in [1.807, 2.05) is 30.3 Å². The van der Waals surface area contributed by atoms with Gasteiger partial charge in [0.15, 0.2) is 5.65 Å². The zero-order valence-corrected chi connectivity index (χ0v) is 15.0. The normalized spacial score (nSPS) is 11.1. The Bertz CT molecular complexity index is 1090. The van der Waals surface area contributed by atoms with Crippen LogP contribution in [0.4, 0.5) is 4.39 Å². The molecule has 0 unspecified atom stereocenters. The lowest BCUT2D eigenvalue weighted by Gasteiger charge is -2.07. The van der Waals surface area contributed by atoms with Gasteiger partial charge in [0.05, 0.1) is 30.7 Å². The first kappa shape index (κ1) is 17.2. The minimum atomic E-state index is -0.284. The summed E-state index contributed by atoms with van der Waals surface area (Å²) in [6.45, 7) is 0.327. The Morgan fingerprint density at radius 3 is 2.56 bits per heavy atom. The molecule has 136 valence electrons. The van der Waals surface area contributed by atoms with Gasteiger partial charge in [-0.1, -0.05) is 24.3 Å². The lowest BCUT2D eigenvalue weighted by molar-refractivity contribution is 0.181. The van der Waals surface area contributed by atoms with Crippen molar-refractivity contribution in [2.24, 2.45) is 0 Å². The van der Waals surface area contributed by atoms with Gasteiger partial charge in [-0.3, -0.25) is 0 Å². The molecule has 0 fully saturated rings. The number of rotatable bonds is 5. The Morgan fingerprint density at radius 1 is 1.00 bits per heavy atom. The average Bonchev–Trinajstić information content (AvgIpc) is 3.07. The van der Waals surface area contributed by atoms with Crippen LogP contribution in [0.25, 0.3) is 28.0 Å². The van der Waals surface area contributed by atoms with Gasteiger partial charge in [-0.2, -0.15) is 5.10 Å². The molecule has 27 heavy (non-hydrogen) atoms. The second-order valence-electron chi connectivity index (χ2n) is 6.06. The standard InChI is InChI=1S/C21H18FN3O2/c1-26-13-18-20(14-6-8-16(22)9-7-14)21-23-11-10-19(25(21)24-18)15-4-3-5-17(12-15)27-2/h3-12H,13H2,1-2H3. The van der Waals surface area contributed by atoms with Gasteiger partial charge in [0.2, 0.25) is 0 Å². The first-order valence-electron chi connectivity index (χ1n) is 8.47. The van der Waals surface area contributed by atoms with Crippen LogP contribution in [-0.2, 0) is 11.3 Å². The third-order valence-corrected chi connectivity index (χ3v) is 4.37. The predicted octanol–water partition coefficient (Wildman–Crippen LogP) is 4.36. The van der Waals surface area contributed by atoms with Crippen molar-refractivity contribution in [3.8, 4) is 28.1 Å². The van der Waals surface area contributed by atoms with Gasteiger partial charge in [-0.15, -0.1) is 0 Å². The lowest BCUT2D eigenvalue weighted by Crippen LogP contribution is -1.97. The van der Waals surface area contributed by atoms with Gasteiger partial charge in [0.1, 0.15) is 11.6 Å². The molecule has 2 aromatic heterocycles. The van der Waals surface area contributed by atoms with Gasteiger partial charge < -0.3 is 9.47 Å². The van der Waals surface area contributed by atoms with E-state index in [2.05, 4.69) is 4.98 Å². The summed E-state index contributed by atoms with van der Waals surface area (Å²) in [6.07, 6.45) is 1.75. The van der Waals surface area contributed by atoms with E-state index in [-0.39, 0.29) is 5.82 Å². The van der Waals surface area contributed by atoms with Gasteiger partial charge in [-0.05, 0) is 35.9 Å². The Morgan fingerprint density at radius 2 is 1.81 bits per heavy atom. The summed E-state index contributed by atoms with van der Waals surface area (Å²) in [7, 11) is 3.26. The fourth-order valence-corrected chi connectivity index (χ4v) is 3.14. The van der Waals surface area contributed by atoms with E-state index < -0.39 is 0 Å². The van der Waals surface area contributed by atoms with E-state index in [0.29, 0.717) is 12.3 Å². The van der Waals surface area contributed by atoms with E-state index >= 15 is 0 Å². The maximum atomic E-state index is 13.4. The second kappa shape index (κ2) is 7.17. The highest BCUT2D eigenvalue weighted by Gasteiger charge is 2.18. The molecule has 0 radical (unpaired) electrons. The maximum Gasteiger partial charge on any atom is 0.163 e. The summed E-state index contributed by atoms with van der Waals surface area (Å²) in [4.78, 5) is 4.53. The van der Waals surface area contributed by atoms with Crippen molar-refractivity contribution in [3.05, 3.63) is 72.3 Å². The van der Waals surface area contributed by atoms with Crippen LogP contribution in [-0.4, -0.2) is 28.8 Å². The zero-order valence-electron chi connectivity index (χ0n) is 15.0. The molecule has 0 aliphatic rings. The summed E-state index contributed by atoms with van der Waals surface area (Å²) < 4.78 is 25.8. The van der Waals surface area contributed by atoms with Crippen molar-refractivity contribution in [1.29, 1.82) is 0 Å². The molecule has 0 saturated heterocycles. The largest absolute Gasteiger partial charge is 0.497 e. The fourth-order valence-electron chi connectivity index (χ4n) is 3.14. The summed E-state index contributed by atoms with van der Waals surface area (Å²) in [6, 6.07) is 16.0. The van der Waals surface area contributed by atoms with Crippen molar-refractivity contribution in [2.45, 2.75) is 6.61 Å². The summed E-state index contributed by atoms with van der Waals surface area (Å²) >= 11 is 0. The number of aromatic nitrogens is 3. The highest BCUT2D eigenvalue weighted by atomic mass is 19.1. The molecule has 0 spiro atoms. The fraction of sp³-hybridized carbons (Fsp3) is 0.143. The van der Waals surface area contributed by atoms with Crippen molar-refractivity contribution in [1.82, 2.24) is 14.6 Å². The number of ether oxygens (including phenoxy) is 2. The van der Waals surface area contributed by atoms with Crippen molar-refractivity contribution < 1.29 is 13.9 Å². The van der Waals surface area contributed by atoms with Crippen molar-refractivity contribution in [2.75, 3.05) is 14.2 Å². The minimum absolute atomic E-state index is 0.284. The SMILES string of the molecule is COCc1nn2c(-c3cccc(OC)c3)ccnc2c1-c1ccc(F)cc1. The van der Waals surface area contributed by atoms with E-state index in [1.54, 1.807) is 37.1 Å². The second-order valence-corrected chi connectivity index (χ2v) is 6.06. The Kier molecular flexibility index (Phi) is 4.56. The van der Waals surface area contributed by atoms with Gasteiger partial charge >= 0.3 is 0 Å². The highest BCUT2D eigenvalue weighted by molar-refractivity contribution is 5.81. The van der Waals surface area contributed by atoms with E-state index in [0.717, 1.165) is 33.8 Å². The number of fused-ring (bicyclic) bond motifs is 1. The summed E-state index contributed by atoms with van der Waals surface area (Å²) in [5, 5.41) is 4.73. The Labute approximate surface area is 156 Å². The highest BCUT2D eigenvalue weighted by Crippen LogP contribution is 2.31. The molecule has 0 atom stereocenters. The quantitative estimate of drug-likeness (QED) is 0.529. The molecule has 2 aromatic carbocycles. The van der Waals surface area contributed by atoms with E-state index in [9.17, 15) is 4.39 Å². The molecule has 0 saturated carbocycles. The summed E-state index contributed by atoms with van der Waals surface area (Å²) in [5.41, 5.74) is 4.94. The van der Waals surface area contributed by atoms with Crippen LogP contribution in [0, 0.1) is 5.82 Å². The molecule has 0 N–H and O–H groups in total. The summed E-state index contributed by atoms with van der Waals surface area (Å²) in [5.74, 6) is 0.481. The topological polar surface area (TPSA) is 48.7 Å². The van der Waals surface area contributed by atoms with Gasteiger partial charge in [0, 0.05) is 18.9 Å². The smallest absolute Gasteiger partial charge is 0.163 e. The zero-order chi connectivity index (χ0) is 18.8. The van der Waals surface area contributed by atoms with Crippen LogP contribution in [0.5, 0.6) is 5.75 Å². The van der Waals surface area contributed by atoms with Crippen LogP contribution in [0.3, 0.4) is 0 Å². The maximum absolute atomic E-state index is 13.4. The van der Waals surface area contributed by atoms with Crippen LogP contribution in [0.1, 0.15) is 5.69 Å². The van der Waals surface area contributed by atoms with Crippen LogP contribution in [0.15, 0.2) is 60.8 Å². The van der Waals surface area contributed by atoms with E-state index in [4.69, 9.17) is 14.6 Å². The molecule has 0 amide bonds. The minimum Gasteiger partial charge on any atom is -0.497 e. The van der Waals surface area contributed by atoms with E-state index in [1.165, 1.54) is 12.1 Å². The first-order valence-corrected chi connectivity index (χ1v) is 8.47. The van der Waals surface area contributed by atoms with Crippen LogP contribution >= 0.6 is 0 Å². The lowest BCUT2D eigenvalue weighted by atomic mass is 10.1. The van der Waals surface area contributed by atoms with Crippen LogP contribution in [0.2, 0.25) is 0 Å². The van der Waals surface area contributed by atoms with Gasteiger partial charge in [0.25, 0.3) is 0 Å². The first-order chi connectivity index (χ1) is 13.2.